The number of likely N-dealkylation sites (tertiary alicyclic amines) is 1. The van der Waals surface area contributed by atoms with Crippen molar-refractivity contribution in [2.75, 3.05) is 24.6 Å². The highest BCUT2D eigenvalue weighted by atomic mass is 32.2. The fourth-order valence-corrected chi connectivity index (χ4v) is 3.65. The van der Waals surface area contributed by atoms with E-state index in [0.717, 1.165) is 30.9 Å². The molecule has 0 aromatic carbocycles. The fraction of sp³-hybridized carbons (Fsp3) is 0.833. The molecule has 5 nitrogen and oxygen atoms in total. The van der Waals surface area contributed by atoms with Crippen molar-refractivity contribution in [1.82, 2.24) is 10.2 Å². The third kappa shape index (κ3) is 3.80. The van der Waals surface area contributed by atoms with Crippen molar-refractivity contribution in [3.8, 4) is 0 Å². The molecule has 6 heteroatoms. The van der Waals surface area contributed by atoms with Crippen LogP contribution in [0.15, 0.2) is 0 Å². The first kappa shape index (κ1) is 13.5. The number of urea groups is 1. The number of amides is 2. The number of carbonyl (C=O) groups excluding carboxylic acids is 1. The summed E-state index contributed by atoms with van der Waals surface area (Å²) in [4.78, 5) is 24.3. The van der Waals surface area contributed by atoms with Gasteiger partial charge in [0.15, 0.2) is 0 Å². The van der Waals surface area contributed by atoms with Crippen LogP contribution < -0.4 is 5.32 Å². The van der Waals surface area contributed by atoms with Gasteiger partial charge in [0.2, 0.25) is 0 Å². The van der Waals surface area contributed by atoms with E-state index in [1.54, 1.807) is 0 Å². The van der Waals surface area contributed by atoms with Gasteiger partial charge in [0.1, 0.15) is 0 Å². The van der Waals surface area contributed by atoms with Gasteiger partial charge in [-0.3, -0.25) is 4.79 Å². The van der Waals surface area contributed by atoms with Crippen LogP contribution in [0.2, 0.25) is 0 Å². The lowest BCUT2D eigenvalue weighted by atomic mass is 10.0. The summed E-state index contributed by atoms with van der Waals surface area (Å²) in [6, 6.07) is 0.348. The smallest absolute Gasteiger partial charge is 0.317 e. The Labute approximate surface area is 111 Å². The Hall–Kier alpha value is -0.910. The molecule has 2 aliphatic heterocycles. The Morgan fingerprint density at radius 3 is 2.89 bits per heavy atom. The van der Waals surface area contributed by atoms with E-state index in [1.165, 1.54) is 0 Å². The zero-order valence-corrected chi connectivity index (χ0v) is 11.2. The molecular weight excluding hydrogens is 252 g/mol. The first-order valence-corrected chi connectivity index (χ1v) is 7.65. The van der Waals surface area contributed by atoms with E-state index in [2.05, 4.69) is 5.32 Å². The van der Waals surface area contributed by atoms with Crippen LogP contribution in [0.3, 0.4) is 0 Å². The molecule has 2 rings (SSSR count). The molecule has 2 heterocycles. The number of rotatable bonds is 4. The molecule has 0 bridgehead atoms. The molecule has 2 aliphatic rings. The second kappa shape index (κ2) is 6.31. The molecule has 18 heavy (non-hydrogen) atoms. The number of hydrogen-bond donors (Lipinski definition) is 2. The highest BCUT2D eigenvalue weighted by molar-refractivity contribution is 7.99. The lowest BCUT2D eigenvalue weighted by Gasteiger charge is -2.20. The Bertz CT molecular complexity index is 318. The van der Waals surface area contributed by atoms with Crippen LogP contribution in [0, 0.1) is 5.92 Å². The van der Waals surface area contributed by atoms with Crippen molar-refractivity contribution in [1.29, 1.82) is 0 Å². The molecular formula is C12H20N2O3S. The highest BCUT2D eigenvalue weighted by Crippen LogP contribution is 2.22. The number of carboxylic acids is 1. The van der Waals surface area contributed by atoms with Crippen LogP contribution in [-0.2, 0) is 4.79 Å². The molecule has 2 unspecified atom stereocenters. The highest BCUT2D eigenvalue weighted by Gasteiger charge is 2.28. The summed E-state index contributed by atoms with van der Waals surface area (Å²) in [6.45, 7) is 1.47. The summed E-state index contributed by atoms with van der Waals surface area (Å²) in [5.41, 5.74) is 0. The minimum atomic E-state index is -0.749. The number of nitrogens with one attached hydrogen (secondary N) is 1. The SMILES string of the molecule is O=C(O)CCC1CCN(C(=O)NC2CCSC2)C1. The van der Waals surface area contributed by atoms with E-state index in [0.29, 0.717) is 24.9 Å². The molecule has 2 atom stereocenters. The van der Waals surface area contributed by atoms with Crippen molar-refractivity contribution in [3.63, 3.8) is 0 Å². The minimum Gasteiger partial charge on any atom is -0.481 e. The van der Waals surface area contributed by atoms with E-state index in [4.69, 9.17) is 5.11 Å². The van der Waals surface area contributed by atoms with E-state index < -0.39 is 5.97 Å². The summed E-state index contributed by atoms with van der Waals surface area (Å²) in [6.07, 6.45) is 2.88. The van der Waals surface area contributed by atoms with E-state index in [-0.39, 0.29) is 12.5 Å². The van der Waals surface area contributed by atoms with Gasteiger partial charge in [0, 0.05) is 31.3 Å². The topological polar surface area (TPSA) is 69.6 Å². The predicted molar refractivity (Wildman–Crippen MR) is 70.8 cm³/mol. The summed E-state index contributed by atoms with van der Waals surface area (Å²) < 4.78 is 0. The summed E-state index contributed by atoms with van der Waals surface area (Å²) in [5, 5.41) is 11.7. The number of aliphatic carboxylic acids is 1. The van der Waals surface area contributed by atoms with Crippen LogP contribution >= 0.6 is 11.8 Å². The van der Waals surface area contributed by atoms with Crippen molar-refractivity contribution in [2.45, 2.75) is 31.7 Å². The van der Waals surface area contributed by atoms with E-state index in [9.17, 15) is 9.59 Å². The minimum absolute atomic E-state index is 0.0281. The normalized spacial score (nSPS) is 27.4. The van der Waals surface area contributed by atoms with Gasteiger partial charge in [-0.25, -0.2) is 4.79 Å². The number of carbonyl (C=O) groups is 2. The summed E-state index contributed by atoms with van der Waals surface area (Å²) in [7, 11) is 0. The average Bonchev–Trinajstić information content (AvgIpc) is 2.96. The van der Waals surface area contributed by atoms with Crippen molar-refractivity contribution in [2.24, 2.45) is 5.92 Å². The van der Waals surface area contributed by atoms with Crippen molar-refractivity contribution < 1.29 is 14.7 Å². The van der Waals surface area contributed by atoms with Crippen molar-refractivity contribution >= 4 is 23.8 Å². The predicted octanol–water partition coefficient (Wildman–Crippen LogP) is 1.39. The van der Waals surface area contributed by atoms with Gasteiger partial charge in [0.05, 0.1) is 0 Å². The summed E-state index contributed by atoms with van der Waals surface area (Å²) >= 11 is 1.88. The van der Waals surface area contributed by atoms with Crippen LogP contribution in [0.5, 0.6) is 0 Å². The molecule has 0 aromatic rings. The van der Waals surface area contributed by atoms with Crippen LogP contribution in [0.25, 0.3) is 0 Å². The lowest BCUT2D eigenvalue weighted by molar-refractivity contribution is -0.137. The Balaban J connectivity index is 1.70. The number of thioether (sulfide) groups is 1. The molecule has 0 aromatic heterocycles. The van der Waals surface area contributed by atoms with Crippen LogP contribution in [-0.4, -0.2) is 52.6 Å². The molecule has 0 saturated carbocycles. The Kier molecular flexibility index (Phi) is 4.74. The standard InChI is InChI=1S/C12H20N2O3S/c15-11(16)2-1-9-3-5-14(7-9)12(17)13-10-4-6-18-8-10/h9-10H,1-8H2,(H,13,17)(H,15,16). The van der Waals surface area contributed by atoms with Crippen LogP contribution in [0.4, 0.5) is 4.79 Å². The molecule has 102 valence electrons. The second-order valence-corrected chi connectivity index (χ2v) is 6.19. The van der Waals surface area contributed by atoms with E-state index in [1.807, 2.05) is 16.7 Å². The van der Waals surface area contributed by atoms with Crippen LogP contribution in [0.1, 0.15) is 25.7 Å². The zero-order valence-electron chi connectivity index (χ0n) is 10.4. The lowest BCUT2D eigenvalue weighted by Crippen LogP contribution is -2.43. The molecule has 2 N–H and O–H groups in total. The second-order valence-electron chi connectivity index (χ2n) is 5.04. The maximum absolute atomic E-state index is 12.0. The third-order valence-corrected chi connectivity index (χ3v) is 4.76. The van der Waals surface area contributed by atoms with Gasteiger partial charge in [0.25, 0.3) is 0 Å². The van der Waals surface area contributed by atoms with Gasteiger partial charge >= 0.3 is 12.0 Å². The number of carboxylic acid groups (broad SMARTS) is 1. The molecule has 0 radical (unpaired) electrons. The fourth-order valence-electron chi connectivity index (χ4n) is 2.49. The number of hydrogen-bond acceptors (Lipinski definition) is 3. The number of nitrogens with zero attached hydrogens (tertiary/aromatic N) is 1. The zero-order chi connectivity index (χ0) is 13.0. The Morgan fingerprint density at radius 1 is 1.39 bits per heavy atom. The molecule has 0 spiro atoms. The van der Waals surface area contributed by atoms with Gasteiger partial charge < -0.3 is 15.3 Å². The van der Waals surface area contributed by atoms with Gasteiger partial charge in [-0.05, 0) is 30.9 Å². The molecule has 2 saturated heterocycles. The first-order valence-electron chi connectivity index (χ1n) is 6.50. The molecule has 0 aliphatic carbocycles. The van der Waals surface area contributed by atoms with E-state index >= 15 is 0 Å². The van der Waals surface area contributed by atoms with Gasteiger partial charge in [-0.2, -0.15) is 11.8 Å². The van der Waals surface area contributed by atoms with Crippen molar-refractivity contribution in [3.05, 3.63) is 0 Å². The molecule has 2 fully saturated rings. The summed E-state index contributed by atoms with van der Waals surface area (Å²) in [5.74, 6) is 1.75. The maximum Gasteiger partial charge on any atom is 0.317 e. The average molecular weight is 272 g/mol. The van der Waals surface area contributed by atoms with Gasteiger partial charge in [-0.1, -0.05) is 0 Å². The monoisotopic (exact) mass is 272 g/mol. The molecule has 2 amide bonds. The first-order chi connectivity index (χ1) is 8.65. The Morgan fingerprint density at radius 2 is 2.22 bits per heavy atom. The van der Waals surface area contributed by atoms with Gasteiger partial charge in [-0.15, -0.1) is 0 Å². The maximum atomic E-state index is 12.0. The third-order valence-electron chi connectivity index (χ3n) is 3.60. The quantitative estimate of drug-likeness (QED) is 0.811. The largest absolute Gasteiger partial charge is 0.481 e.